The fourth-order valence-corrected chi connectivity index (χ4v) is 2.20. The van der Waals surface area contributed by atoms with Gasteiger partial charge in [-0.2, -0.15) is 0 Å². The molecule has 2 rings (SSSR count). The number of carbonyl (C=O) groups excluding carboxylic acids is 2. The minimum Gasteiger partial charge on any atom is -0.452 e. The maximum absolute atomic E-state index is 11.9. The molecule has 8 heteroatoms. The zero-order chi connectivity index (χ0) is 18.4. The number of carbonyl (C=O) groups is 2. The largest absolute Gasteiger partial charge is 0.452 e. The summed E-state index contributed by atoms with van der Waals surface area (Å²) in [5, 5.41) is 14.0. The van der Waals surface area contributed by atoms with Gasteiger partial charge in [0.05, 0.1) is 16.5 Å². The smallest absolute Gasteiger partial charge is 0.338 e. The molecule has 0 saturated heterocycles. The Balaban J connectivity index is 1.89. The molecule has 1 atom stereocenters. The van der Waals surface area contributed by atoms with Crippen LogP contribution in [0.25, 0.3) is 0 Å². The van der Waals surface area contributed by atoms with E-state index in [9.17, 15) is 19.7 Å². The summed E-state index contributed by atoms with van der Waals surface area (Å²) in [4.78, 5) is 33.8. The molecule has 0 bridgehead atoms. The van der Waals surface area contributed by atoms with Crippen molar-refractivity contribution in [2.45, 2.75) is 13.0 Å². The summed E-state index contributed by atoms with van der Waals surface area (Å²) in [6.07, 6.45) is 0. The number of nitrogens with one attached hydrogen (secondary N) is 1. The first-order valence-electron chi connectivity index (χ1n) is 7.33. The summed E-state index contributed by atoms with van der Waals surface area (Å²) in [5.74, 6) is -1.29. The Morgan fingerprint density at radius 1 is 1.24 bits per heavy atom. The molecule has 1 amide bonds. The van der Waals surface area contributed by atoms with Crippen LogP contribution < -0.4 is 5.32 Å². The van der Waals surface area contributed by atoms with Gasteiger partial charge in [0.15, 0.2) is 6.61 Å². The summed E-state index contributed by atoms with van der Waals surface area (Å²) in [7, 11) is 0. The average molecular weight is 363 g/mol. The van der Waals surface area contributed by atoms with Crippen LogP contribution in [-0.4, -0.2) is 23.4 Å². The Labute approximate surface area is 148 Å². The number of benzene rings is 2. The van der Waals surface area contributed by atoms with Crippen LogP contribution in [0.4, 0.5) is 5.69 Å². The fraction of sp³-hybridized carbons (Fsp3) is 0.176. The van der Waals surface area contributed by atoms with E-state index in [1.165, 1.54) is 18.2 Å². The molecule has 0 radical (unpaired) electrons. The van der Waals surface area contributed by atoms with Crippen molar-refractivity contribution < 1.29 is 19.2 Å². The monoisotopic (exact) mass is 362 g/mol. The molecule has 0 heterocycles. The standard InChI is InChI=1S/C17H15ClN2O5/c1-11(12-5-7-14(18)8-6-12)19-16(21)10-25-17(22)13-3-2-4-15(9-13)20(23)24/h2-9,11H,10H2,1H3,(H,19,21)/t11-/m1/s1. The Morgan fingerprint density at radius 2 is 1.92 bits per heavy atom. The molecule has 2 aromatic rings. The van der Waals surface area contributed by atoms with E-state index < -0.39 is 23.4 Å². The molecule has 7 nitrogen and oxygen atoms in total. The van der Waals surface area contributed by atoms with Crippen molar-refractivity contribution in [2.24, 2.45) is 0 Å². The van der Waals surface area contributed by atoms with Crippen LogP contribution in [0.3, 0.4) is 0 Å². The zero-order valence-corrected chi connectivity index (χ0v) is 14.0. The van der Waals surface area contributed by atoms with Gasteiger partial charge in [-0.1, -0.05) is 29.8 Å². The third kappa shape index (κ3) is 5.29. The minimum absolute atomic E-state index is 0.00718. The van der Waals surface area contributed by atoms with Crippen molar-refractivity contribution in [3.63, 3.8) is 0 Å². The highest BCUT2D eigenvalue weighted by Crippen LogP contribution is 2.16. The number of non-ortho nitro benzene ring substituents is 1. The molecule has 1 N–H and O–H groups in total. The first-order chi connectivity index (χ1) is 11.9. The van der Waals surface area contributed by atoms with Gasteiger partial charge in [0.1, 0.15) is 0 Å². The van der Waals surface area contributed by atoms with Crippen LogP contribution in [0.15, 0.2) is 48.5 Å². The first kappa shape index (κ1) is 18.4. The number of esters is 1. The van der Waals surface area contributed by atoms with E-state index in [-0.39, 0.29) is 17.3 Å². The molecular formula is C17H15ClN2O5. The van der Waals surface area contributed by atoms with E-state index in [0.717, 1.165) is 11.6 Å². The summed E-state index contributed by atoms with van der Waals surface area (Å²) in [6, 6.07) is 11.8. The third-order valence-corrected chi connectivity index (χ3v) is 3.63. The van der Waals surface area contributed by atoms with Crippen LogP contribution in [0, 0.1) is 10.1 Å². The lowest BCUT2D eigenvalue weighted by molar-refractivity contribution is -0.384. The summed E-state index contributed by atoms with van der Waals surface area (Å²) in [6.45, 7) is 1.29. The number of hydrogen-bond acceptors (Lipinski definition) is 5. The highest BCUT2D eigenvalue weighted by atomic mass is 35.5. The highest BCUT2D eigenvalue weighted by Gasteiger charge is 2.15. The van der Waals surface area contributed by atoms with Gasteiger partial charge in [0.25, 0.3) is 11.6 Å². The molecule has 0 fully saturated rings. The molecule has 0 aliphatic heterocycles. The molecule has 0 spiro atoms. The molecule has 0 saturated carbocycles. The molecule has 2 aromatic carbocycles. The number of ether oxygens (including phenoxy) is 1. The van der Waals surface area contributed by atoms with Crippen LogP contribution in [0.2, 0.25) is 5.02 Å². The quantitative estimate of drug-likeness (QED) is 0.483. The maximum Gasteiger partial charge on any atom is 0.338 e. The topological polar surface area (TPSA) is 98.5 Å². The summed E-state index contributed by atoms with van der Waals surface area (Å²) >= 11 is 5.81. The molecule has 0 aliphatic rings. The van der Waals surface area contributed by atoms with Gasteiger partial charge in [-0.3, -0.25) is 14.9 Å². The Morgan fingerprint density at radius 3 is 2.56 bits per heavy atom. The second kappa shape index (κ2) is 8.25. The van der Waals surface area contributed by atoms with Crippen molar-refractivity contribution in [1.82, 2.24) is 5.32 Å². The van der Waals surface area contributed by atoms with Gasteiger partial charge < -0.3 is 10.1 Å². The van der Waals surface area contributed by atoms with Gasteiger partial charge >= 0.3 is 5.97 Å². The second-order valence-electron chi connectivity index (χ2n) is 5.22. The molecule has 130 valence electrons. The van der Waals surface area contributed by atoms with E-state index in [0.29, 0.717) is 5.02 Å². The number of hydrogen-bond donors (Lipinski definition) is 1. The average Bonchev–Trinajstić information content (AvgIpc) is 2.60. The molecule has 0 unspecified atom stereocenters. The lowest BCUT2D eigenvalue weighted by atomic mass is 10.1. The summed E-state index contributed by atoms with van der Waals surface area (Å²) < 4.78 is 4.89. The van der Waals surface area contributed by atoms with Gasteiger partial charge in [0, 0.05) is 17.2 Å². The van der Waals surface area contributed by atoms with Crippen LogP contribution >= 0.6 is 11.6 Å². The lowest BCUT2D eigenvalue weighted by Crippen LogP contribution is -2.31. The van der Waals surface area contributed by atoms with Crippen molar-refractivity contribution in [3.05, 3.63) is 74.8 Å². The number of rotatable bonds is 6. The first-order valence-corrected chi connectivity index (χ1v) is 7.71. The van der Waals surface area contributed by atoms with Crippen molar-refractivity contribution in [1.29, 1.82) is 0 Å². The number of amides is 1. The SMILES string of the molecule is C[C@@H](NC(=O)COC(=O)c1cccc([N+](=O)[O-])c1)c1ccc(Cl)cc1. The Bertz CT molecular complexity index is 792. The van der Waals surface area contributed by atoms with Gasteiger partial charge in [0.2, 0.25) is 0 Å². The maximum atomic E-state index is 11.9. The van der Waals surface area contributed by atoms with Crippen LogP contribution in [0.1, 0.15) is 28.9 Å². The second-order valence-corrected chi connectivity index (χ2v) is 5.66. The van der Waals surface area contributed by atoms with E-state index >= 15 is 0 Å². The molecule has 25 heavy (non-hydrogen) atoms. The predicted molar refractivity (Wildman–Crippen MR) is 91.4 cm³/mol. The molecular weight excluding hydrogens is 348 g/mol. The lowest BCUT2D eigenvalue weighted by Gasteiger charge is -2.14. The number of nitrogens with zero attached hydrogens (tertiary/aromatic N) is 1. The predicted octanol–water partition coefficient (Wildman–Crippen LogP) is 3.28. The van der Waals surface area contributed by atoms with E-state index in [4.69, 9.17) is 16.3 Å². The van der Waals surface area contributed by atoms with Gasteiger partial charge in [-0.05, 0) is 30.7 Å². The van der Waals surface area contributed by atoms with Crippen molar-refractivity contribution >= 4 is 29.2 Å². The number of nitro groups is 1. The van der Waals surface area contributed by atoms with E-state index in [1.54, 1.807) is 31.2 Å². The molecule has 0 aromatic heterocycles. The zero-order valence-electron chi connectivity index (χ0n) is 13.3. The van der Waals surface area contributed by atoms with Gasteiger partial charge in [-0.25, -0.2) is 4.79 Å². The van der Waals surface area contributed by atoms with Crippen molar-refractivity contribution in [3.8, 4) is 0 Å². The summed E-state index contributed by atoms with van der Waals surface area (Å²) in [5.41, 5.74) is 0.630. The fourth-order valence-electron chi connectivity index (χ4n) is 2.08. The third-order valence-electron chi connectivity index (χ3n) is 3.37. The van der Waals surface area contributed by atoms with Crippen LogP contribution in [0.5, 0.6) is 0 Å². The normalized spacial score (nSPS) is 11.4. The van der Waals surface area contributed by atoms with Crippen molar-refractivity contribution in [2.75, 3.05) is 6.61 Å². The molecule has 0 aliphatic carbocycles. The minimum atomic E-state index is -0.807. The number of halogens is 1. The van der Waals surface area contributed by atoms with Gasteiger partial charge in [-0.15, -0.1) is 0 Å². The van der Waals surface area contributed by atoms with Crippen LogP contribution in [-0.2, 0) is 9.53 Å². The Kier molecular flexibility index (Phi) is 6.08. The van der Waals surface area contributed by atoms with E-state index in [1.807, 2.05) is 0 Å². The number of nitro benzene ring substituents is 1. The highest BCUT2D eigenvalue weighted by molar-refractivity contribution is 6.30. The van der Waals surface area contributed by atoms with E-state index in [2.05, 4.69) is 5.32 Å². The Hall–Kier alpha value is -2.93.